The Morgan fingerprint density at radius 1 is 1.38 bits per heavy atom. The molecule has 1 aromatic heterocycles. The smallest absolute Gasteiger partial charge is 0.223 e. The molecule has 4 nitrogen and oxygen atoms in total. The van der Waals surface area contributed by atoms with Gasteiger partial charge in [0.1, 0.15) is 5.01 Å². The second-order valence-corrected chi connectivity index (χ2v) is 6.76. The molecule has 1 atom stereocenters. The number of amides is 1. The summed E-state index contributed by atoms with van der Waals surface area (Å²) in [7, 11) is 0. The number of nitrogens with one attached hydrogen (secondary N) is 1. The standard InChI is InChI=1S/C14H14Cl2N2O2S/c1-8-6-18-14(21-8)7-17-13(20)5-12(19)9-2-10(15)4-11(16)3-9/h2-4,6,12,19H,5,7H2,1H3,(H,17,20)/t12-/m0/s1. The molecule has 0 saturated carbocycles. The first kappa shape index (κ1) is 16.2. The minimum Gasteiger partial charge on any atom is -0.388 e. The third kappa shape index (κ3) is 4.97. The van der Waals surface area contributed by atoms with Gasteiger partial charge in [0.15, 0.2) is 0 Å². The molecule has 0 fully saturated rings. The highest BCUT2D eigenvalue weighted by Gasteiger charge is 2.14. The fraction of sp³-hybridized carbons (Fsp3) is 0.286. The first-order valence-electron chi connectivity index (χ1n) is 6.26. The van der Waals surface area contributed by atoms with Crippen LogP contribution in [0.2, 0.25) is 10.0 Å². The molecule has 2 N–H and O–H groups in total. The van der Waals surface area contributed by atoms with E-state index in [0.717, 1.165) is 9.88 Å². The first-order chi connectivity index (χ1) is 9.94. The van der Waals surface area contributed by atoms with E-state index in [1.807, 2.05) is 6.92 Å². The van der Waals surface area contributed by atoms with Crippen molar-refractivity contribution in [1.82, 2.24) is 10.3 Å². The van der Waals surface area contributed by atoms with E-state index in [9.17, 15) is 9.90 Å². The Labute approximate surface area is 136 Å². The van der Waals surface area contributed by atoms with E-state index >= 15 is 0 Å². The van der Waals surface area contributed by atoms with Crippen LogP contribution in [0.5, 0.6) is 0 Å². The van der Waals surface area contributed by atoms with Crippen molar-refractivity contribution in [2.24, 2.45) is 0 Å². The average molecular weight is 345 g/mol. The molecule has 0 aliphatic heterocycles. The van der Waals surface area contributed by atoms with E-state index in [2.05, 4.69) is 10.3 Å². The van der Waals surface area contributed by atoms with Crippen LogP contribution in [0.3, 0.4) is 0 Å². The number of carbonyl (C=O) groups excluding carboxylic acids is 1. The van der Waals surface area contributed by atoms with Gasteiger partial charge in [-0.15, -0.1) is 11.3 Å². The summed E-state index contributed by atoms with van der Waals surface area (Å²) in [6.07, 6.45) is 0.759. The molecule has 1 heterocycles. The fourth-order valence-corrected chi connectivity index (χ4v) is 3.06. The fourth-order valence-electron chi connectivity index (χ4n) is 1.79. The van der Waals surface area contributed by atoms with Crippen molar-refractivity contribution in [2.75, 3.05) is 0 Å². The Kier molecular flexibility index (Phi) is 5.58. The average Bonchev–Trinajstić information content (AvgIpc) is 2.81. The maximum absolute atomic E-state index is 11.8. The van der Waals surface area contributed by atoms with E-state index in [0.29, 0.717) is 22.2 Å². The largest absolute Gasteiger partial charge is 0.388 e. The highest BCUT2D eigenvalue weighted by Crippen LogP contribution is 2.25. The van der Waals surface area contributed by atoms with Gasteiger partial charge in [-0.25, -0.2) is 4.98 Å². The highest BCUT2D eigenvalue weighted by molar-refractivity contribution is 7.11. The van der Waals surface area contributed by atoms with Crippen molar-refractivity contribution in [3.63, 3.8) is 0 Å². The van der Waals surface area contributed by atoms with Gasteiger partial charge in [0.05, 0.1) is 19.1 Å². The summed E-state index contributed by atoms with van der Waals surface area (Å²) in [6, 6.07) is 4.76. The van der Waals surface area contributed by atoms with E-state index in [1.165, 1.54) is 11.3 Å². The van der Waals surface area contributed by atoms with Crippen LogP contribution < -0.4 is 5.32 Å². The molecule has 0 radical (unpaired) electrons. The van der Waals surface area contributed by atoms with Crippen molar-refractivity contribution in [3.05, 3.63) is 49.9 Å². The predicted octanol–water partition coefficient (Wildman–Crippen LogP) is 3.50. The number of hydrogen-bond acceptors (Lipinski definition) is 4. The van der Waals surface area contributed by atoms with E-state index < -0.39 is 6.10 Å². The summed E-state index contributed by atoms with van der Waals surface area (Å²) in [6.45, 7) is 2.32. The van der Waals surface area contributed by atoms with Crippen LogP contribution in [-0.4, -0.2) is 16.0 Å². The number of nitrogens with zero attached hydrogens (tertiary/aromatic N) is 1. The lowest BCUT2D eigenvalue weighted by atomic mass is 10.1. The summed E-state index contributed by atoms with van der Waals surface area (Å²) in [5.74, 6) is -0.258. The van der Waals surface area contributed by atoms with Crippen LogP contribution in [0.25, 0.3) is 0 Å². The van der Waals surface area contributed by atoms with E-state index in [4.69, 9.17) is 23.2 Å². The number of halogens is 2. The lowest BCUT2D eigenvalue weighted by molar-refractivity contribution is -0.123. The van der Waals surface area contributed by atoms with E-state index in [1.54, 1.807) is 24.4 Å². The Bertz CT molecular complexity index is 625. The normalized spacial score (nSPS) is 12.2. The quantitative estimate of drug-likeness (QED) is 0.872. The van der Waals surface area contributed by atoms with Gasteiger partial charge in [0, 0.05) is 21.1 Å². The molecule has 0 aliphatic carbocycles. The van der Waals surface area contributed by atoms with Crippen LogP contribution in [0.4, 0.5) is 0 Å². The second-order valence-electron chi connectivity index (χ2n) is 4.56. The Morgan fingerprint density at radius 3 is 2.62 bits per heavy atom. The molecule has 21 heavy (non-hydrogen) atoms. The second kappa shape index (κ2) is 7.22. The Balaban J connectivity index is 1.89. The van der Waals surface area contributed by atoms with Crippen LogP contribution in [-0.2, 0) is 11.3 Å². The number of aliphatic hydroxyl groups excluding tert-OH is 1. The van der Waals surface area contributed by atoms with Gasteiger partial charge in [0.25, 0.3) is 0 Å². The van der Waals surface area contributed by atoms with Crippen molar-refractivity contribution < 1.29 is 9.90 Å². The van der Waals surface area contributed by atoms with Gasteiger partial charge in [-0.3, -0.25) is 4.79 Å². The molecule has 2 aromatic rings. The lowest BCUT2D eigenvalue weighted by Gasteiger charge is -2.11. The van der Waals surface area contributed by atoms with Gasteiger partial charge in [-0.05, 0) is 30.7 Å². The summed E-state index contributed by atoms with van der Waals surface area (Å²) >= 11 is 13.3. The van der Waals surface area contributed by atoms with Gasteiger partial charge >= 0.3 is 0 Å². The van der Waals surface area contributed by atoms with Gasteiger partial charge < -0.3 is 10.4 Å². The molecule has 0 spiro atoms. The van der Waals surface area contributed by atoms with Gasteiger partial charge in [-0.1, -0.05) is 23.2 Å². The molecular weight excluding hydrogens is 331 g/mol. The van der Waals surface area contributed by atoms with Crippen LogP contribution >= 0.6 is 34.5 Å². The van der Waals surface area contributed by atoms with Gasteiger partial charge in [-0.2, -0.15) is 0 Å². The van der Waals surface area contributed by atoms with E-state index in [-0.39, 0.29) is 12.3 Å². The first-order valence-corrected chi connectivity index (χ1v) is 7.83. The van der Waals surface area contributed by atoms with Crippen molar-refractivity contribution in [3.8, 4) is 0 Å². The summed E-state index contributed by atoms with van der Waals surface area (Å²) in [5.41, 5.74) is 0.521. The highest BCUT2D eigenvalue weighted by atomic mass is 35.5. The molecule has 1 aromatic carbocycles. The summed E-state index contributed by atoms with van der Waals surface area (Å²) < 4.78 is 0. The Morgan fingerprint density at radius 2 is 2.05 bits per heavy atom. The van der Waals surface area contributed by atoms with Crippen LogP contribution in [0.1, 0.15) is 28.0 Å². The molecule has 0 bridgehead atoms. The van der Waals surface area contributed by atoms with Crippen molar-refractivity contribution >= 4 is 40.4 Å². The SMILES string of the molecule is Cc1cnc(CNC(=O)C[C@H](O)c2cc(Cl)cc(Cl)c2)s1. The molecule has 0 aliphatic rings. The molecule has 2 rings (SSSR count). The summed E-state index contributed by atoms with van der Waals surface area (Å²) in [4.78, 5) is 17.1. The number of rotatable bonds is 5. The van der Waals surface area contributed by atoms with Crippen molar-refractivity contribution in [1.29, 1.82) is 0 Å². The number of carbonyl (C=O) groups is 1. The molecule has 0 unspecified atom stereocenters. The molecule has 1 amide bonds. The molecule has 0 saturated heterocycles. The zero-order valence-corrected chi connectivity index (χ0v) is 13.6. The summed E-state index contributed by atoms with van der Waals surface area (Å²) in [5, 5.41) is 14.5. The van der Waals surface area contributed by atoms with Crippen molar-refractivity contribution in [2.45, 2.75) is 26.0 Å². The molecule has 112 valence electrons. The van der Waals surface area contributed by atoms with Crippen LogP contribution in [0.15, 0.2) is 24.4 Å². The molecule has 7 heteroatoms. The maximum Gasteiger partial charge on any atom is 0.223 e. The number of benzene rings is 1. The van der Waals surface area contributed by atoms with Crippen LogP contribution in [0, 0.1) is 6.92 Å². The minimum atomic E-state index is -0.945. The number of hydrogen-bond donors (Lipinski definition) is 2. The number of aliphatic hydroxyl groups is 1. The number of thiazole rings is 1. The molecular formula is C14H14Cl2N2O2S. The monoisotopic (exact) mass is 344 g/mol. The number of aryl methyl sites for hydroxylation is 1. The Hall–Kier alpha value is -1.14. The van der Waals surface area contributed by atoms with Gasteiger partial charge in [0.2, 0.25) is 5.91 Å². The number of aromatic nitrogens is 1. The zero-order valence-electron chi connectivity index (χ0n) is 11.3. The lowest BCUT2D eigenvalue weighted by Crippen LogP contribution is -2.24. The maximum atomic E-state index is 11.8. The third-order valence-electron chi connectivity index (χ3n) is 2.75. The third-order valence-corrected chi connectivity index (χ3v) is 4.10. The predicted molar refractivity (Wildman–Crippen MR) is 84.7 cm³/mol. The topological polar surface area (TPSA) is 62.2 Å². The zero-order chi connectivity index (χ0) is 15.4. The minimum absolute atomic E-state index is 0.0545.